The van der Waals surface area contributed by atoms with Gasteiger partial charge in [-0.3, -0.25) is 9.36 Å². The number of pyridine rings is 1. The molecule has 21 heavy (non-hydrogen) atoms. The highest BCUT2D eigenvalue weighted by atomic mass is 32.1. The van der Waals surface area contributed by atoms with E-state index in [2.05, 4.69) is 6.08 Å². The molecule has 4 heteroatoms. The number of fused-ring (bicyclic) bond motifs is 3. The first-order valence-corrected chi connectivity index (χ1v) is 8.08. The van der Waals surface area contributed by atoms with Crippen molar-refractivity contribution in [1.82, 2.24) is 4.57 Å². The molecule has 0 atom stereocenters. The van der Waals surface area contributed by atoms with E-state index in [1.54, 1.807) is 12.1 Å². The molecule has 0 amide bonds. The molecule has 1 aliphatic carbocycles. The van der Waals surface area contributed by atoms with Crippen LogP contribution in [0.3, 0.4) is 0 Å². The van der Waals surface area contributed by atoms with Gasteiger partial charge in [-0.15, -0.1) is 11.3 Å². The third-order valence-electron chi connectivity index (χ3n) is 4.13. The molecule has 0 aliphatic heterocycles. The lowest BCUT2D eigenvalue weighted by Gasteiger charge is -2.18. The summed E-state index contributed by atoms with van der Waals surface area (Å²) in [5.41, 5.74) is 2.04. The third-order valence-corrected chi connectivity index (χ3v) is 5.03. The van der Waals surface area contributed by atoms with Crippen molar-refractivity contribution >= 4 is 38.0 Å². The number of allylic oxidation sites excluding steroid dienone is 2. The fourth-order valence-electron chi connectivity index (χ4n) is 3.14. The number of phenols is 1. The van der Waals surface area contributed by atoms with Gasteiger partial charge in [0.05, 0.1) is 5.52 Å². The van der Waals surface area contributed by atoms with Crippen LogP contribution in [0.5, 0.6) is 5.75 Å². The van der Waals surface area contributed by atoms with Crippen LogP contribution in [0, 0.1) is 0 Å². The summed E-state index contributed by atoms with van der Waals surface area (Å²) in [6.07, 6.45) is 6.46. The number of thiophene rings is 1. The number of nitrogens with zero attached hydrogens (tertiary/aromatic N) is 1. The molecule has 0 bridgehead atoms. The largest absolute Gasteiger partial charge is 0.508 e. The first-order chi connectivity index (χ1) is 10.3. The van der Waals surface area contributed by atoms with Crippen molar-refractivity contribution in [2.24, 2.45) is 0 Å². The number of aromatic nitrogens is 1. The average Bonchev–Trinajstić information content (AvgIpc) is 2.99. The fraction of sp³-hybridized carbons (Fsp3) is 0.235. The molecular formula is C17H15NO2S. The van der Waals surface area contributed by atoms with Crippen LogP contribution in [-0.4, -0.2) is 9.67 Å². The van der Waals surface area contributed by atoms with Crippen molar-refractivity contribution < 1.29 is 5.11 Å². The minimum Gasteiger partial charge on any atom is -0.508 e. The van der Waals surface area contributed by atoms with E-state index < -0.39 is 0 Å². The molecule has 0 radical (unpaired) electrons. The Balaban J connectivity index is 2.19. The molecule has 0 fully saturated rings. The minimum absolute atomic E-state index is 0.0614. The maximum Gasteiger partial charge on any atom is 0.273 e. The van der Waals surface area contributed by atoms with E-state index in [4.69, 9.17) is 0 Å². The lowest BCUT2D eigenvalue weighted by molar-refractivity contribution is 0.476. The van der Waals surface area contributed by atoms with Crippen molar-refractivity contribution in [2.75, 3.05) is 0 Å². The summed E-state index contributed by atoms with van der Waals surface area (Å²) in [5, 5.41) is 13.6. The predicted octanol–water partition coefficient (Wildman–Crippen LogP) is 4.34. The Bertz CT molecular complexity index is 933. The SMILES string of the molecule is O=c1c2sccc2c2cc(O)ccc2n1C1=CCCCC1. The van der Waals surface area contributed by atoms with Crippen LogP contribution in [0.4, 0.5) is 0 Å². The fourth-order valence-corrected chi connectivity index (χ4v) is 3.98. The number of phenolic OH excluding ortho intramolecular Hbond substituents is 1. The lowest BCUT2D eigenvalue weighted by atomic mass is 10.0. The standard InChI is InChI=1S/C17H15NO2S/c19-12-6-7-15-14(10-12)13-8-9-21-16(13)17(20)18(15)11-4-2-1-3-5-11/h4,6-10,19H,1-3,5H2. The van der Waals surface area contributed by atoms with Gasteiger partial charge in [0.2, 0.25) is 0 Å². The Morgan fingerprint density at radius 1 is 1.14 bits per heavy atom. The molecule has 0 unspecified atom stereocenters. The minimum atomic E-state index is 0.0614. The van der Waals surface area contributed by atoms with Crippen molar-refractivity contribution in [3.05, 3.63) is 46.1 Å². The second kappa shape index (κ2) is 4.74. The van der Waals surface area contributed by atoms with Gasteiger partial charge in [0.1, 0.15) is 10.4 Å². The van der Waals surface area contributed by atoms with Gasteiger partial charge in [-0.25, -0.2) is 0 Å². The average molecular weight is 297 g/mol. The van der Waals surface area contributed by atoms with E-state index in [1.165, 1.54) is 17.8 Å². The summed E-state index contributed by atoms with van der Waals surface area (Å²) in [7, 11) is 0. The van der Waals surface area contributed by atoms with E-state index in [0.717, 1.165) is 45.9 Å². The number of hydrogen-bond donors (Lipinski definition) is 1. The Morgan fingerprint density at radius 3 is 2.86 bits per heavy atom. The maximum atomic E-state index is 12.9. The van der Waals surface area contributed by atoms with Crippen molar-refractivity contribution in [3.63, 3.8) is 0 Å². The monoisotopic (exact) mass is 297 g/mol. The van der Waals surface area contributed by atoms with Crippen LogP contribution in [0.25, 0.3) is 26.7 Å². The van der Waals surface area contributed by atoms with E-state index in [1.807, 2.05) is 22.1 Å². The van der Waals surface area contributed by atoms with Crippen LogP contribution >= 0.6 is 11.3 Å². The number of benzene rings is 1. The molecule has 2 aromatic heterocycles. The Kier molecular flexibility index (Phi) is 2.86. The van der Waals surface area contributed by atoms with E-state index in [9.17, 15) is 9.90 Å². The molecule has 0 saturated carbocycles. The molecule has 0 spiro atoms. The van der Waals surface area contributed by atoms with Gasteiger partial charge < -0.3 is 5.11 Å². The highest BCUT2D eigenvalue weighted by molar-refractivity contribution is 7.17. The van der Waals surface area contributed by atoms with Crippen LogP contribution in [-0.2, 0) is 0 Å². The van der Waals surface area contributed by atoms with Gasteiger partial charge in [-0.05, 0) is 55.3 Å². The van der Waals surface area contributed by atoms with E-state index in [-0.39, 0.29) is 11.3 Å². The number of rotatable bonds is 1. The van der Waals surface area contributed by atoms with Gasteiger partial charge >= 0.3 is 0 Å². The van der Waals surface area contributed by atoms with E-state index in [0.29, 0.717) is 0 Å². The summed E-state index contributed by atoms with van der Waals surface area (Å²) in [4.78, 5) is 12.9. The van der Waals surface area contributed by atoms with E-state index >= 15 is 0 Å². The first-order valence-electron chi connectivity index (χ1n) is 7.20. The molecule has 1 N–H and O–H groups in total. The zero-order chi connectivity index (χ0) is 14.4. The van der Waals surface area contributed by atoms with Gasteiger partial charge in [-0.2, -0.15) is 0 Å². The second-order valence-electron chi connectivity index (χ2n) is 5.45. The molecule has 1 aromatic carbocycles. The quantitative estimate of drug-likeness (QED) is 0.726. The summed E-state index contributed by atoms with van der Waals surface area (Å²) >= 11 is 1.47. The normalized spacial score (nSPS) is 15.5. The molecule has 4 rings (SSSR count). The molecule has 2 heterocycles. The lowest BCUT2D eigenvalue weighted by Crippen LogP contribution is -2.20. The highest BCUT2D eigenvalue weighted by Crippen LogP contribution is 2.32. The first kappa shape index (κ1) is 12.7. The Labute approximate surface area is 125 Å². The summed E-state index contributed by atoms with van der Waals surface area (Å²) in [5.74, 6) is 0.234. The molecular weight excluding hydrogens is 282 g/mol. The third kappa shape index (κ3) is 1.90. The van der Waals surface area contributed by atoms with Gasteiger partial charge in [0, 0.05) is 16.5 Å². The number of aromatic hydroxyl groups is 1. The van der Waals surface area contributed by atoms with Crippen LogP contribution in [0.1, 0.15) is 25.7 Å². The Hall–Kier alpha value is -2.07. The number of hydrogen-bond acceptors (Lipinski definition) is 3. The topological polar surface area (TPSA) is 42.2 Å². The highest BCUT2D eigenvalue weighted by Gasteiger charge is 2.16. The van der Waals surface area contributed by atoms with Crippen LogP contribution in [0.15, 0.2) is 40.5 Å². The van der Waals surface area contributed by atoms with Crippen molar-refractivity contribution in [3.8, 4) is 5.75 Å². The molecule has 0 saturated heterocycles. The van der Waals surface area contributed by atoms with Gasteiger partial charge in [0.25, 0.3) is 5.56 Å². The van der Waals surface area contributed by atoms with Crippen LogP contribution in [0.2, 0.25) is 0 Å². The van der Waals surface area contributed by atoms with Crippen molar-refractivity contribution in [1.29, 1.82) is 0 Å². The molecule has 3 nitrogen and oxygen atoms in total. The zero-order valence-corrected chi connectivity index (χ0v) is 12.3. The van der Waals surface area contributed by atoms with Crippen molar-refractivity contribution in [2.45, 2.75) is 25.7 Å². The molecule has 1 aliphatic rings. The summed E-state index contributed by atoms with van der Waals surface area (Å²) in [6, 6.07) is 7.21. The van der Waals surface area contributed by atoms with Gasteiger partial charge in [0.15, 0.2) is 0 Å². The second-order valence-corrected chi connectivity index (χ2v) is 6.36. The Morgan fingerprint density at radius 2 is 2.05 bits per heavy atom. The molecule has 3 aromatic rings. The predicted molar refractivity (Wildman–Crippen MR) is 88.0 cm³/mol. The zero-order valence-electron chi connectivity index (χ0n) is 11.5. The summed E-state index contributed by atoms with van der Waals surface area (Å²) < 4.78 is 2.60. The maximum absolute atomic E-state index is 12.9. The van der Waals surface area contributed by atoms with Gasteiger partial charge in [-0.1, -0.05) is 6.08 Å². The smallest absolute Gasteiger partial charge is 0.273 e. The van der Waals surface area contributed by atoms with Crippen LogP contribution < -0.4 is 5.56 Å². The molecule has 106 valence electrons. The summed E-state index contributed by atoms with van der Waals surface area (Å²) in [6.45, 7) is 0.